The first-order valence-electron chi connectivity index (χ1n) is 8.84. The predicted octanol–water partition coefficient (Wildman–Crippen LogP) is 3.65. The van der Waals surface area contributed by atoms with E-state index in [0.29, 0.717) is 6.54 Å². The molecule has 0 radical (unpaired) electrons. The van der Waals surface area contributed by atoms with Gasteiger partial charge in [0.05, 0.1) is 18.7 Å². The number of aliphatic hydroxyl groups is 1. The number of carbonyl (C=O) groups is 1. The van der Waals surface area contributed by atoms with Crippen molar-refractivity contribution >= 4 is 6.03 Å². The van der Waals surface area contributed by atoms with Crippen molar-refractivity contribution in [3.8, 4) is 0 Å². The molecule has 1 aliphatic rings. The molecule has 1 heterocycles. The van der Waals surface area contributed by atoms with Crippen molar-refractivity contribution in [2.24, 2.45) is 0 Å². The topological polar surface area (TPSA) is 65.7 Å². The van der Waals surface area contributed by atoms with Gasteiger partial charge in [0.2, 0.25) is 0 Å². The van der Waals surface area contributed by atoms with Gasteiger partial charge >= 0.3 is 6.03 Å². The second-order valence-corrected chi connectivity index (χ2v) is 6.71. The second-order valence-electron chi connectivity index (χ2n) is 6.71. The van der Waals surface area contributed by atoms with E-state index in [1.54, 1.807) is 4.90 Å². The summed E-state index contributed by atoms with van der Waals surface area (Å²) < 4.78 is 5.57. The summed E-state index contributed by atoms with van der Waals surface area (Å²) in [5.74, 6) is 1.66. The van der Waals surface area contributed by atoms with Crippen LogP contribution in [0.1, 0.15) is 53.6 Å². The maximum atomic E-state index is 12.9. The summed E-state index contributed by atoms with van der Waals surface area (Å²) in [5, 5.41) is 12.5. The summed E-state index contributed by atoms with van der Waals surface area (Å²) in [4.78, 5) is 14.7. The smallest absolute Gasteiger partial charge is 0.318 e. The van der Waals surface area contributed by atoms with Crippen LogP contribution in [0.15, 0.2) is 34.7 Å². The largest absolute Gasteiger partial charge is 0.466 e. The third-order valence-electron chi connectivity index (χ3n) is 4.97. The number of fused-ring (bicyclic) bond motifs is 1. The molecular weight excluding hydrogens is 316 g/mol. The number of aryl methyl sites for hydroxylation is 3. The van der Waals surface area contributed by atoms with Crippen molar-refractivity contribution in [3.05, 3.63) is 58.5 Å². The monoisotopic (exact) mass is 342 g/mol. The van der Waals surface area contributed by atoms with E-state index in [-0.39, 0.29) is 24.7 Å². The second kappa shape index (κ2) is 7.31. The first-order valence-corrected chi connectivity index (χ1v) is 8.84. The Morgan fingerprint density at radius 3 is 2.84 bits per heavy atom. The van der Waals surface area contributed by atoms with E-state index in [2.05, 4.69) is 17.4 Å². The molecule has 2 atom stereocenters. The van der Waals surface area contributed by atoms with Crippen molar-refractivity contribution < 1.29 is 14.3 Å². The van der Waals surface area contributed by atoms with Crippen LogP contribution in [0, 0.1) is 13.8 Å². The fourth-order valence-electron chi connectivity index (χ4n) is 3.79. The van der Waals surface area contributed by atoms with E-state index in [0.717, 1.165) is 29.9 Å². The number of urea groups is 1. The maximum absolute atomic E-state index is 12.9. The van der Waals surface area contributed by atoms with Gasteiger partial charge in [-0.25, -0.2) is 4.79 Å². The zero-order chi connectivity index (χ0) is 18.0. The summed E-state index contributed by atoms with van der Waals surface area (Å²) in [6.07, 6.45) is 1.86. The van der Waals surface area contributed by atoms with Crippen LogP contribution < -0.4 is 5.32 Å². The predicted molar refractivity (Wildman–Crippen MR) is 96.4 cm³/mol. The molecular formula is C20H26N2O3. The Balaban J connectivity index is 1.77. The number of benzene rings is 1. The fourth-order valence-corrected chi connectivity index (χ4v) is 3.79. The molecule has 25 heavy (non-hydrogen) atoms. The first kappa shape index (κ1) is 17.5. The number of nitrogens with one attached hydrogen (secondary N) is 1. The van der Waals surface area contributed by atoms with Gasteiger partial charge in [0.1, 0.15) is 11.5 Å². The van der Waals surface area contributed by atoms with Crippen molar-refractivity contribution in [1.29, 1.82) is 0 Å². The highest BCUT2D eigenvalue weighted by molar-refractivity contribution is 5.75. The SMILES string of the molecule is Cc1cc(C(C)NC(=O)N(CCO)C2CCc3ccccc32)c(C)o1. The van der Waals surface area contributed by atoms with Crippen LogP contribution in [0.5, 0.6) is 0 Å². The first-order chi connectivity index (χ1) is 12.0. The third kappa shape index (κ3) is 3.56. The summed E-state index contributed by atoms with van der Waals surface area (Å²) in [6.45, 7) is 6.03. The summed E-state index contributed by atoms with van der Waals surface area (Å²) in [7, 11) is 0. The highest BCUT2D eigenvalue weighted by Gasteiger charge is 2.31. The van der Waals surface area contributed by atoms with Crippen molar-refractivity contribution in [2.75, 3.05) is 13.2 Å². The molecule has 5 nitrogen and oxygen atoms in total. The highest BCUT2D eigenvalue weighted by Crippen LogP contribution is 2.35. The molecule has 0 spiro atoms. The Morgan fingerprint density at radius 2 is 2.16 bits per heavy atom. The minimum absolute atomic E-state index is 0.0164. The zero-order valence-corrected chi connectivity index (χ0v) is 15.1. The molecule has 3 rings (SSSR count). The highest BCUT2D eigenvalue weighted by atomic mass is 16.3. The third-order valence-corrected chi connectivity index (χ3v) is 4.97. The van der Waals surface area contributed by atoms with E-state index in [1.807, 2.05) is 39.0 Å². The number of hydrogen-bond donors (Lipinski definition) is 2. The minimum Gasteiger partial charge on any atom is -0.466 e. The molecule has 0 aliphatic heterocycles. The van der Waals surface area contributed by atoms with Crippen LogP contribution in [-0.2, 0) is 6.42 Å². The lowest BCUT2D eigenvalue weighted by Crippen LogP contribution is -2.44. The molecule has 1 aliphatic carbocycles. The number of amides is 2. The lowest BCUT2D eigenvalue weighted by Gasteiger charge is -2.30. The number of aliphatic hydroxyl groups excluding tert-OH is 1. The van der Waals surface area contributed by atoms with Crippen LogP contribution in [-0.4, -0.2) is 29.2 Å². The van der Waals surface area contributed by atoms with E-state index < -0.39 is 0 Å². The lowest BCUT2D eigenvalue weighted by atomic mass is 10.1. The van der Waals surface area contributed by atoms with Gasteiger partial charge in [-0.15, -0.1) is 0 Å². The number of nitrogens with zero attached hydrogens (tertiary/aromatic N) is 1. The Labute approximate surface area is 148 Å². The maximum Gasteiger partial charge on any atom is 0.318 e. The molecule has 1 aromatic carbocycles. The van der Waals surface area contributed by atoms with Crippen LogP contribution in [0.3, 0.4) is 0 Å². The minimum atomic E-state index is -0.151. The molecule has 0 saturated carbocycles. The van der Waals surface area contributed by atoms with E-state index in [1.165, 1.54) is 11.1 Å². The molecule has 1 aromatic heterocycles. The quantitative estimate of drug-likeness (QED) is 0.872. The number of carbonyl (C=O) groups excluding carboxylic acids is 1. The molecule has 2 aromatic rings. The van der Waals surface area contributed by atoms with Crippen molar-refractivity contribution in [1.82, 2.24) is 10.2 Å². The number of hydrogen-bond acceptors (Lipinski definition) is 3. The average Bonchev–Trinajstić information content (AvgIpc) is 3.15. The molecule has 2 N–H and O–H groups in total. The van der Waals surface area contributed by atoms with Gasteiger partial charge < -0.3 is 19.7 Å². The molecule has 5 heteroatoms. The van der Waals surface area contributed by atoms with Crippen LogP contribution in [0.4, 0.5) is 4.79 Å². The standard InChI is InChI=1S/C20H26N2O3/c1-13-12-18(15(3)25-13)14(2)21-20(24)22(10-11-23)19-9-8-16-6-4-5-7-17(16)19/h4-7,12,14,19,23H,8-11H2,1-3H3,(H,21,24). The zero-order valence-electron chi connectivity index (χ0n) is 15.1. The molecule has 0 fully saturated rings. The Kier molecular flexibility index (Phi) is 5.13. The molecule has 2 amide bonds. The number of furan rings is 1. The van der Waals surface area contributed by atoms with Gasteiger partial charge in [-0.1, -0.05) is 24.3 Å². The molecule has 0 saturated heterocycles. The van der Waals surface area contributed by atoms with Gasteiger partial charge in [0, 0.05) is 12.1 Å². The summed E-state index contributed by atoms with van der Waals surface area (Å²) in [6, 6.07) is 9.91. The van der Waals surface area contributed by atoms with E-state index in [9.17, 15) is 9.90 Å². The molecule has 134 valence electrons. The molecule has 2 unspecified atom stereocenters. The summed E-state index contributed by atoms with van der Waals surface area (Å²) >= 11 is 0. The van der Waals surface area contributed by atoms with Gasteiger partial charge in [0.25, 0.3) is 0 Å². The average molecular weight is 342 g/mol. The van der Waals surface area contributed by atoms with Crippen LogP contribution in [0.2, 0.25) is 0 Å². The van der Waals surface area contributed by atoms with Gasteiger partial charge in [-0.05, 0) is 50.8 Å². The van der Waals surface area contributed by atoms with E-state index >= 15 is 0 Å². The Bertz CT molecular complexity index is 753. The summed E-state index contributed by atoms with van der Waals surface area (Å²) in [5.41, 5.74) is 3.47. The Morgan fingerprint density at radius 1 is 1.40 bits per heavy atom. The van der Waals surface area contributed by atoms with E-state index in [4.69, 9.17) is 4.42 Å². The Hall–Kier alpha value is -2.27. The lowest BCUT2D eigenvalue weighted by molar-refractivity contribution is 0.149. The van der Waals surface area contributed by atoms with Gasteiger partial charge in [-0.3, -0.25) is 0 Å². The number of rotatable bonds is 5. The van der Waals surface area contributed by atoms with Gasteiger partial charge in [-0.2, -0.15) is 0 Å². The van der Waals surface area contributed by atoms with Gasteiger partial charge in [0.15, 0.2) is 0 Å². The van der Waals surface area contributed by atoms with Crippen LogP contribution in [0.25, 0.3) is 0 Å². The van der Waals surface area contributed by atoms with Crippen molar-refractivity contribution in [2.45, 2.75) is 45.7 Å². The molecule has 0 bridgehead atoms. The fraction of sp³-hybridized carbons (Fsp3) is 0.450. The van der Waals surface area contributed by atoms with Crippen molar-refractivity contribution in [3.63, 3.8) is 0 Å². The normalized spacial score (nSPS) is 17.2. The van der Waals surface area contributed by atoms with Crippen LogP contribution >= 0.6 is 0 Å².